The van der Waals surface area contributed by atoms with Crippen molar-refractivity contribution in [2.75, 3.05) is 44.3 Å². The monoisotopic (exact) mass is 262 g/mol. The number of morpholine rings is 1. The van der Waals surface area contributed by atoms with Crippen molar-refractivity contribution in [3.8, 4) is 0 Å². The molecule has 3 rings (SSSR count). The van der Waals surface area contributed by atoms with Crippen molar-refractivity contribution in [2.24, 2.45) is 0 Å². The molecule has 0 N–H and O–H groups in total. The van der Waals surface area contributed by atoms with E-state index in [9.17, 15) is 4.79 Å². The van der Waals surface area contributed by atoms with Gasteiger partial charge in [-0.15, -0.1) is 0 Å². The largest absolute Gasteiger partial charge is 0.378 e. The number of nitrogens with zero attached hydrogens (tertiary/aromatic N) is 4. The van der Waals surface area contributed by atoms with Crippen molar-refractivity contribution >= 4 is 11.7 Å². The summed E-state index contributed by atoms with van der Waals surface area (Å²) >= 11 is 0. The molecule has 0 bridgehead atoms. The molecule has 0 atom stereocenters. The number of hydrogen-bond acceptors (Lipinski definition) is 5. The maximum Gasteiger partial charge on any atom is 0.274 e. The Labute approximate surface area is 112 Å². The maximum absolute atomic E-state index is 12.2. The molecule has 19 heavy (non-hydrogen) atoms. The second-order valence-electron chi connectivity index (χ2n) is 4.86. The Balaban J connectivity index is 1.69. The zero-order chi connectivity index (χ0) is 13.1. The Kier molecular flexibility index (Phi) is 3.59. The summed E-state index contributed by atoms with van der Waals surface area (Å²) in [5.41, 5.74) is 0.421. The maximum atomic E-state index is 12.2. The lowest BCUT2D eigenvalue weighted by Gasteiger charge is -2.26. The standard InChI is InChI=1S/C13H18N4O2/c18-13(17-5-7-19-8-6-17)11-9-15-12(10-14-11)16-3-1-2-4-16/h9-10H,1-8H2. The second-order valence-corrected chi connectivity index (χ2v) is 4.86. The molecule has 6 nitrogen and oxygen atoms in total. The molecule has 0 spiro atoms. The van der Waals surface area contributed by atoms with E-state index >= 15 is 0 Å². The van der Waals surface area contributed by atoms with E-state index in [0.717, 1.165) is 18.9 Å². The van der Waals surface area contributed by atoms with Crippen LogP contribution >= 0.6 is 0 Å². The highest BCUT2D eigenvalue weighted by Crippen LogP contribution is 2.16. The van der Waals surface area contributed by atoms with Crippen LogP contribution in [0.4, 0.5) is 5.82 Å². The van der Waals surface area contributed by atoms with Crippen LogP contribution in [-0.4, -0.2) is 60.2 Å². The molecule has 1 aromatic rings. The van der Waals surface area contributed by atoms with Crippen molar-refractivity contribution in [2.45, 2.75) is 12.8 Å². The summed E-state index contributed by atoms with van der Waals surface area (Å²) in [7, 11) is 0. The number of carbonyl (C=O) groups excluding carboxylic acids is 1. The molecule has 0 saturated carbocycles. The van der Waals surface area contributed by atoms with E-state index in [1.54, 1.807) is 17.3 Å². The quantitative estimate of drug-likeness (QED) is 0.779. The average molecular weight is 262 g/mol. The van der Waals surface area contributed by atoms with Gasteiger partial charge in [0.15, 0.2) is 0 Å². The minimum atomic E-state index is -0.0521. The van der Waals surface area contributed by atoms with Crippen LogP contribution in [0.5, 0.6) is 0 Å². The Morgan fingerprint density at radius 2 is 1.79 bits per heavy atom. The van der Waals surface area contributed by atoms with Gasteiger partial charge in [0, 0.05) is 26.2 Å². The number of amides is 1. The van der Waals surface area contributed by atoms with Gasteiger partial charge >= 0.3 is 0 Å². The topological polar surface area (TPSA) is 58.6 Å². The average Bonchev–Trinajstić information content (AvgIpc) is 3.02. The molecule has 0 radical (unpaired) electrons. The first-order chi connectivity index (χ1) is 9.34. The minimum absolute atomic E-state index is 0.0521. The van der Waals surface area contributed by atoms with Crippen molar-refractivity contribution in [3.63, 3.8) is 0 Å². The Bertz CT molecular complexity index is 436. The third kappa shape index (κ3) is 2.68. The first-order valence-corrected chi connectivity index (χ1v) is 6.78. The zero-order valence-electron chi connectivity index (χ0n) is 10.9. The zero-order valence-corrected chi connectivity index (χ0v) is 10.9. The molecule has 2 aliphatic heterocycles. The van der Waals surface area contributed by atoms with Gasteiger partial charge < -0.3 is 14.5 Å². The molecule has 1 aromatic heterocycles. The predicted molar refractivity (Wildman–Crippen MR) is 70.2 cm³/mol. The first kappa shape index (κ1) is 12.3. The fourth-order valence-electron chi connectivity index (χ4n) is 2.47. The van der Waals surface area contributed by atoms with Crippen LogP contribution in [0.3, 0.4) is 0 Å². The van der Waals surface area contributed by atoms with Gasteiger partial charge in [-0.3, -0.25) is 4.79 Å². The van der Waals surface area contributed by atoms with E-state index in [1.807, 2.05) is 0 Å². The summed E-state index contributed by atoms with van der Waals surface area (Å²) in [6, 6.07) is 0. The molecule has 2 saturated heterocycles. The molecule has 0 aromatic carbocycles. The Hall–Kier alpha value is -1.69. The van der Waals surface area contributed by atoms with Gasteiger partial charge in [-0.2, -0.15) is 0 Å². The molecule has 3 heterocycles. The van der Waals surface area contributed by atoms with Crippen LogP contribution in [0.1, 0.15) is 23.3 Å². The van der Waals surface area contributed by atoms with Crippen molar-refractivity contribution in [3.05, 3.63) is 18.1 Å². The minimum Gasteiger partial charge on any atom is -0.378 e. The van der Waals surface area contributed by atoms with E-state index in [4.69, 9.17) is 4.74 Å². The first-order valence-electron chi connectivity index (χ1n) is 6.78. The molecular weight excluding hydrogens is 244 g/mol. The molecule has 2 aliphatic rings. The van der Waals surface area contributed by atoms with Crippen LogP contribution in [0.15, 0.2) is 12.4 Å². The van der Waals surface area contributed by atoms with E-state index in [2.05, 4.69) is 14.9 Å². The van der Waals surface area contributed by atoms with Gasteiger partial charge in [0.05, 0.1) is 25.6 Å². The SMILES string of the molecule is O=C(c1cnc(N2CCCC2)cn1)N1CCOCC1. The lowest BCUT2D eigenvalue weighted by atomic mass is 10.3. The normalized spacial score (nSPS) is 19.8. The van der Waals surface area contributed by atoms with Gasteiger partial charge in [0.2, 0.25) is 0 Å². The summed E-state index contributed by atoms with van der Waals surface area (Å²) in [5.74, 6) is 0.819. The Morgan fingerprint density at radius 1 is 1.05 bits per heavy atom. The van der Waals surface area contributed by atoms with Gasteiger partial charge in [-0.25, -0.2) is 9.97 Å². The smallest absolute Gasteiger partial charge is 0.274 e. The molecular formula is C13H18N4O2. The van der Waals surface area contributed by atoms with Crippen LogP contribution < -0.4 is 4.90 Å². The number of rotatable bonds is 2. The third-order valence-corrected chi connectivity index (χ3v) is 3.59. The summed E-state index contributed by atoms with van der Waals surface area (Å²) in [5, 5.41) is 0. The second kappa shape index (κ2) is 5.52. The summed E-state index contributed by atoms with van der Waals surface area (Å²) in [4.78, 5) is 24.8. The van der Waals surface area contributed by atoms with Gasteiger partial charge in [-0.05, 0) is 12.8 Å². The number of hydrogen-bond donors (Lipinski definition) is 0. The lowest BCUT2D eigenvalue weighted by Crippen LogP contribution is -2.41. The van der Waals surface area contributed by atoms with Crippen LogP contribution in [-0.2, 0) is 4.74 Å². The van der Waals surface area contributed by atoms with Gasteiger partial charge in [0.25, 0.3) is 5.91 Å². The lowest BCUT2D eigenvalue weighted by molar-refractivity contribution is 0.0298. The molecule has 2 fully saturated rings. The number of anilines is 1. The molecule has 0 unspecified atom stereocenters. The van der Waals surface area contributed by atoms with Crippen molar-refractivity contribution < 1.29 is 9.53 Å². The van der Waals surface area contributed by atoms with Crippen LogP contribution in [0.2, 0.25) is 0 Å². The van der Waals surface area contributed by atoms with Crippen LogP contribution in [0.25, 0.3) is 0 Å². The van der Waals surface area contributed by atoms with E-state index < -0.39 is 0 Å². The van der Waals surface area contributed by atoms with Crippen LogP contribution in [0, 0.1) is 0 Å². The number of aromatic nitrogens is 2. The van der Waals surface area contributed by atoms with Crippen molar-refractivity contribution in [1.82, 2.24) is 14.9 Å². The molecule has 1 amide bonds. The summed E-state index contributed by atoms with van der Waals surface area (Å²) < 4.78 is 5.24. The fourth-order valence-corrected chi connectivity index (χ4v) is 2.47. The Morgan fingerprint density at radius 3 is 2.42 bits per heavy atom. The van der Waals surface area contributed by atoms with Gasteiger partial charge in [-0.1, -0.05) is 0 Å². The molecule has 6 heteroatoms. The summed E-state index contributed by atoms with van der Waals surface area (Å²) in [6.07, 6.45) is 5.71. The van der Waals surface area contributed by atoms with E-state index in [0.29, 0.717) is 32.0 Å². The molecule has 0 aliphatic carbocycles. The highest BCUT2D eigenvalue weighted by Gasteiger charge is 2.20. The van der Waals surface area contributed by atoms with Gasteiger partial charge in [0.1, 0.15) is 11.5 Å². The number of ether oxygens (including phenoxy) is 1. The fraction of sp³-hybridized carbons (Fsp3) is 0.615. The highest BCUT2D eigenvalue weighted by molar-refractivity contribution is 5.92. The predicted octanol–water partition coefficient (Wildman–Crippen LogP) is 0.549. The number of carbonyl (C=O) groups is 1. The van der Waals surface area contributed by atoms with E-state index in [-0.39, 0.29) is 5.91 Å². The molecule has 102 valence electrons. The third-order valence-electron chi connectivity index (χ3n) is 3.59. The van der Waals surface area contributed by atoms with E-state index in [1.165, 1.54) is 12.8 Å². The van der Waals surface area contributed by atoms with Crippen molar-refractivity contribution in [1.29, 1.82) is 0 Å². The summed E-state index contributed by atoms with van der Waals surface area (Å²) in [6.45, 7) is 4.54. The highest BCUT2D eigenvalue weighted by atomic mass is 16.5.